The van der Waals surface area contributed by atoms with Crippen molar-refractivity contribution < 1.29 is 0 Å². The maximum atomic E-state index is 4.87. The molecule has 28 heavy (non-hydrogen) atoms. The Morgan fingerprint density at radius 1 is 1.25 bits per heavy atom. The van der Waals surface area contributed by atoms with Crippen molar-refractivity contribution in [1.29, 1.82) is 0 Å². The van der Waals surface area contributed by atoms with Gasteiger partial charge in [-0.3, -0.25) is 0 Å². The lowest BCUT2D eigenvalue weighted by Crippen LogP contribution is -2.28. The third kappa shape index (κ3) is 3.89. The second kappa shape index (κ2) is 7.40. The third-order valence-electron chi connectivity index (χ3n) is 5.36. The standard InChI is InChI=1S/C20H29N7S/c1-14-16(28-13-21-14)12-25(5)10-15-8-9-26(11-15)18-7-6-17-22-23-19(20(2,3)4)27(17)24-18/h6-7,13,15H,8-12H2,1-5H3/t15-/m1/s1. The van der Waals surface area contributed by atoms with Crippen molar-refractivity contribution in [2.24, 2.45) is 5.92 Å². The number of thiazole rings is 1. The molecule has 1 aliphatic heterocycles. The third-order valence-corrected chi connectivity index (χ3v) is 6.28. The number of fused-ring (bicyclic) bond motifs is 1. The number of hydrogen-bond donors (Lipinski definition) is 0. The van der Waals surface area contributed by atoms with Crippen molar-refractivity contribution in [3.05, 3.63) is 34.0 Å². The summed E-state index contributed by atoms with van der Waals surface area (Å²) in [6.07, 6.45) is 1.19. The van der Waals surface area contributed by atoms with Crippen LogP contribution in [-0.4, -0.2) is 56.4 Å². The average Bonchev–Trinajstić information content (AvgIpc) is 3.34. The molecule has 0 saturated carbocycles. The van der Waals surface area contributed by atoms with E-state index >= 15 is 0 Å². The van der Waals surface area contributed by atoms with Crippen LogP contribution in [0.4, 0.5) is 5.82 Å². The van der Waals surface area contributed by atoms with E-state index < -0.39 is 0 Å². The number of aryl methyl sites for hydroxylation is 1. The van der Waals surface area contributed by atoms with Gasteiger partial charge in [-0.25, -0.2) is 4.98 Å². The first-order valence-electron chi connectivity index (χ1n) is 9.86. The van der Waals surface area contributed by atoms with Crippen molar-refractivity contribution in [3.8, 4) is 0 Å². The minimum atomic E-state index is -0.0872. The van der Waals surface area contributed by atoms with Gasteiger partial charge in [0.1, 0.15) is 5.82 Å². The molecule has 4 rings (SSSR count). The van der Waals surface area contributed by atoms with Crippen LogP contribution in [0.3, 0.4) is 0 Å². The molecule has 4 heterocycles. The number of rotatable bonds is 5. The Labute approximate surface area is 170 Å². The predicted molar refractivity (Wildman–Crippen MR) is 113 cm³/mol. The molecule has 0 unspecified atom stereocenters. The number of anilines is 1. The molecule has 1 aliphatic rings. The van der Waals surface area contributed by atoms with E-state index in [0.717, 1.165) is 49.2 Å². The van der Waals surface area contributed by atoms with Gasteiger partial charge in [0.05, 0.1) is 11.2 Å². The van der Waals surface area contributed by atoms with Crippen molar-refractivity contribution in [2.45, 2.75) is 46.1 Å². The highest BCUT2D eigenvalue weighted by atomic mass is 32.1. The quantitative estimate of drug-likeness (QED) is 0.657. The van der Waals surface area contributed by atoms with Crippen molar-refractivity contribution in [1.82, 2.24) is 29.7 Å². The van der Waals surface area contributed by atoms with Crippen molar-refractivity contribution >= 4 is 22.8 Å². The van der Waals surface area contributed by atoms with E-state index in [-0.39, 0.29) is 5.41 Å². The molecule has 0 N–H and O–H groups in total. The van der Waals surface area contributed by atoms with Gasteiger partial charge >= 0.3 is 0 Å². The SMILES string of the molecule is Cc1ncsc1CN(C)C[C@H]1CCN(c2ccc3nnc(C(C)(C)C)n3n2)C1. The summed E-state index contributed by atoms with van der Waals surface area (Å²) in [5.74, 6) is 2.57. The summed E-state index contributed by atoms with van der Waals surface area (Å²) in [4.78, 5) is 10.5. The molecule has 8 heteroatoms. The summed E-state index contributed by atoms with van der Waals surface area (Å²) >= 11 is 1.75. The summed E-state index contributed by atoms with van der Waals surface area (Å²) in [5.41, 5.74) is 3.82. The Bertz CT molecular complexity index is 955. The first-order valence-corrected chi connectivity index (χ1v) is 10.7. The largest absolute Gasteiger partial charge is 0.355 e. The Hall–Kier alpha value is -2.06. The molecule has 3 aromatic heterocycles. The highest BCUT2D eigenvalue weighted by molar-refractivity contribution is 7.09. The van der Waals surface area contributed by atoms with Crippen molar-refractivity contribution in [3.63, 3.8) is 0 Å². The number of hydrogen-bond acceptors (Lipinski definition) is 7. The molecule has 0 radical (unpaired) electrons. The van der Waals surface area contributed by atoms with Gasteiger partial charge in [-0.1, -0.05) is 20.8 Å². The lowest BCUT2D eigenvalue weighted by Gasteiger charge is -2.22. The van der Waals surface area contributed by atoms with Crippen LogP contribution in [0.2, 0.25) is 0 Å². The second-order valence-corrected chi connectivity index (χ2v) is 9.83. The fourth-order valence-corrected chi connectivity index (χ4v) is 4.69. The zero-order chi connectivity index (χ0) is 19.9. The molecule has 150 valence electrons. The van der Waals surface area contributed by atoms with E-state index in [4.69, 9.17) is 5.10 Å². The van der Waals surface area contributed by atoms with Crippen LogP contribution in [0.25, 0.3) is 5.65 Å². The van der Waals surface area contributed by atoms with E-state index in [1.165, 1.54) is 11.3 Å². The zero-order valence-electron chi connectivity index (χ0n) is 17.4. The Balaban J connectivity index is 1.43. The molecule has 7 nitrogen and oxygen atoms in total. The minimum Gasteiger partial charge on any atom is -0.355 e. The van der Waals surface area contributed by atoms with Gasteiger partial charge in [-0.2, -0.15) is 4.52 Å². The normalized spacial score (nSPS) is 17.9. The zero-order valence-corrected chi connectivity index (χ0v) is 18.2. The Morgan fingerprint density at radius 2 is 2.07 bits per heavy atom. The topological polar surface area (TPSA) is 62.5 Å². The fraction of sp³-hybridized carbons (Fsp3) is 0.600. The van der Waals surface area contributed by atoms with Crippen LogP contribution in [-0.2, 0) is 12.0 Å². The van der Waals surface area contributed by atoms with Crippen LogP contribution < -0.4 is 4.90 Å². The van der Waals surface area contributed by atoms with Crippen LogP contribution in [0.1, 0.15) is 43.6 Å². The summed E-state index contributed by atoms with van der Waals surface area (Å²) in [6, 6.07) is 4.10. The molecule has 0 aromatic carbocycles. The molecule has 0 aliphatic carbocycles. The highest BCUT2D eigenvalue weighted by Gasteiger charge is 2.27. The molecule has 0 amide bonds. The van der Waals surface area contributed by atoms with E-state index in [1.807, 2.05) is 16.1 Å². The molecule has 1 saturated heterocycles. The van der Waals surface area contributed by atoms with Crippen LogP contribution in [0, 0.1) is 12.8 Å². The Morgan fingerprint density at radius 3 is 2.79 bits per heavy atom. The van der Waals surface area contributed by atoms with Gasteiger partial charge in [0.25, 0.3) is 0 Å². The van der Waals surface area contributed by atoms with Gasteiger partial charge in [-0.05, 0) is 38.4 Å². The summed E-state index contributed by atoms with van der Waals surface area (Å²) < 4.78 is 1.90. The molecule has 1 fully saturated rings. The van der Waals surface area contributed by atoms with E-state index in [2.05, 4.69) is 65.8 Å². The molecule has 3 aromatic rings. The average molecular weight is 400 g/mol. The summed E-state index contributed by atoms with van der Waals surface area (Å²) in [6.45, 7) is 12.7. The maximum Gasteiger partial charge on any atom is 0.178 e. The van der Waals surface area contributed by atoms with Gasteiger partial charge < -0.3 is 9.80 Å². The Kier molecular flexibility index (Phi) is 5.09. The summed E-state index contributed by atoms with van der Waals surface area (Å²) in [5, 5.41) is 13.5. The van der Waals surface area contributed by atoms with Gasteiger partial charge in [-0.15, -0.1) is 26.6 Å². The molecule has 1 atom stereocenters. The predicted octanol–water partition coefficient (Wildman–Crippen LogP) is 3.15. The first-order chi connectivity index (χ1) is 13.3. The molecule has 0 spiro atoms. The number of aromatic nitrogens is 5. The monoisotopic (exact) mass is 399 g/mol. The van der Waals surface area contributed by atoms with Gasteiger partial charge in [0, 0.05) is 36.5 Å². The minimum absolute atomic E-state index is 0.0872. The molecular weight excluding hydrogens is 370 g/mol. The van der Waals surface area contributed by atoms with E-state index in [9.17, 15) is 0 Å². The second-order valence-electron chi connectivity index (χ2n) is 8.89. The van der Waals surface area contributed by atoms with Gasteiger partial charge in [0.15, 0.2) is 11.5 Å². The van der Waals surface area contributed by atoms with Crippen molar-refractivity contribution in [2.75, 3.05) is 31.6 Å². The molecular formula is C20H29N7S. The van der Waals surface area contributed by atoms with Crippen LogP contribution in [0.15, 0.2) is 17.6 Å². The lowest BCUT2D eigenvalue weighted by atomic mass is 9.96. The smallest absolute Gasteiger partial charge is 0.178 e. The number of nitrogens with zero attached hydrogens (tertiary/aromatic N) is 7. The fourth-order valence-electron chi connectivity index (χ4n) is 3.83. The van der Waals surface area contributed by atoms with Gasteiger partial charge in [0.2, 0.25) is 0 Å². The summed E-state index contributed by atoms with van der Waals surface area (Å²) in [7, 11) is 2.21. The molecule has 0 bridgehead atoms. The lowest BCUT2D eigenvalue weighted by molar-refractivity contribution is 0.281. The first kappa shape index (κ1) is 19.3. The maximum absolute atomic E-state index is 4.87. The van der Waals surface area contributed by atoms with Crippen LogP contribution >= 0.6 is 11.3 Å². The van der Waals surface area contributed by atoms with E-state index in [0.29, 0.717) is 5.92 Å². The van der Waals surface area contributed by atoms with Crippen LogP contribution in [0.5, 0.6) is 0 Å². The highest BCUT2D eigenvalue weighted by Crippen LogP contribution is 2.26. The van der Waals surface area contributed by atoms with E-state index in [1.54, 1.807) is 11.3 Å².